The van der Waals surface area contributed by atoms with Crippen molar-refractivity contribution in [2.24, 2.45) is 4.99 Å². The van der Waals surface area contributed by atoms with E-state index in [0.29, 0.717) is 23.8 Å². The quantitative estimate of drug-likeness (QED) is 0.258. The number of methoxy groups -OCH3 is 1. The van der Waals surface area contributed by atoms with Gasteiger partial charge in [0, 0.05) is 24.8 Å². The summed E-state index contributed by atoms with van der Waals surface area (Å²) in [5, 5.41) is 8.91. The van der Waals surface area contributed by atoms with E-state index >= 15 is 0 Å². The maximum absolute atomic E-state index is 12.1. The van der Waals surface area contributed by atoms with Gasteiger partial charge in [0.15, 0.2) is 5.96 Å². The molecule has 0 saturated carbocycles. The van der Waals surface area contributed by atoms with Crippen LogP contribution in [-0.2, 0) is 11.3 Å². The first-order chi connectivity index (χ1) is 12.6. The second-order valence-electron chi connectivity index (χ2n) is 5.40. The molecular formula is C20H23IN4O2. The topological polar surface area (TPSA) is 74.8 Å². The van der Waals surface area contributed by atoms with Gasteiger partial charge in [0.1, 0.15) is 5.75 Å². The molecule has 2 rings (SSSR count). The van der Waals surface area contributed by atoms with E-state index in [-0.39, 0.29) is 36.4 Å². The Hall–Kier alpha value is -2.73. The summed E-state index contributed by atoms with van der Waals surface area (Å²) in [6.45, 7) is 0.640. The van der Waals surface area contributed by atoms with Gasteiger partial charge in [-0.05, 0) is 35.9 Å². The third kappa shape index (κ3) is 7.58. The number of guanidine groups is 1. The Labute approximate surface area is 176 Å². The Balaban J connectivity index is 0.00000364. The minimum atomic E-state index is -0.191. The third-order valence-electron chi connectivity index (χ3n) is 3.55. The van der Waals surface area contributed by atoms with Crippen LogP contribution in [0.15, 0.2) is 53.5 Å². The Kier molecular flexibility index (Phi) is 9.75. The Morgan fingerprint density at radius 2 is 1.96 bits per heavy atom. The molecule has 0 aromatic heterocycles. The first-order valence-electron chi connectivity index (χ1n) is 8.08. The Bertz CT molecular complexity index is 831. The lowest BCUT2D eigenvalue weighted by molar-refractivity contribution is -0.115. The maximum Gasteiger partial charge on any atom is 0.243 e. The molecule has 2 aromatic carbocycles. The second kappa shape index (κ2) is 11.8. The van der Waals surface area contributed by atoms with Crippen molar-refractivity contribution < 1.29 is 9.53 Å². The number of hydrogen-bond donors (Lipinski definition) is 3. The Morgan fingerprint density at radius 3 is 2.67 bits per heavy atom. The molecule has 1 amide bonds. The zero-order valence-electron chi connectivity index (χ0n) is 15.3. The maximum atomic E-state index is 12.1. The van der Waals surface area contributed by atoms with Crippen LogP contribution < -0.4 is 20.7 Å². The SMILES string of the molecule is C#Cc1cccc(NC(=O)CNC(=NC)NCc2cccc(OC)c2)c1.I. The number of aliphatic imine (C=N–C) groups is 1. The van der Waals surface area contributed by atoms with Gasteiger partial charge in [-0.3, -0.25) is 9.79 Å². The van der Waals surface area contributed by atoms with Crippen LogP contribution >= 0.6 is 24.0 Å². The highest BCUT2D eigenvalue weighted by molar-refractivity contribution is 14.0. The molecule has 0 spiro atoms. The van der Waals surface area contributed by atoms with Crippen molar-refractivity contribution in [3.05, 3.63) is 59.7 Å². The summed E-state index contributed by atoms with van der Waals surface area (Å²) in [5.41, 5.74) is 2.42. The van der Waals surface area contributed by atoms with Crippen LogP contribution in [0, 0.1) is 12.3 Å². The number of ether oxygens (including phenoxy) is 1. The fourth-order valence-corrected chi connectivity index (χ4v) is 2.24. The van der Waals surface area contributed by atoms with Crippen molar-refractivity contribution in [3.8, 4) is 18.1 Å². The van der Waals surface area contributed by atoms with Crippen molar-refractivity contribution in [2.45, 2.75) is 6.54 Å². The molecule has 0 atom stereocenters. The molecule has 0 aliphatic rings. The number of nitrogens with one attached hydrogen (secondary N) is 3. The predicted molar refractivity (Wildman–Crippen MR) is 120 cm³/mol. The van der Waals surface area contributed by atoms with Gasteiger partial charge in [0.2, 0.25) is 5.91 Å². The molecule has 6 nitrogen and oxygen atoms in total. The number of hydrogen-bond acceptors (Lipinski definition) is 3. The van der Waals surface area contributed by atoms with Crippen LogP contribution in [0.25, 0.3) is 0 Å². The largest absolute Gasteiger partial charge is 0.497 e. The van der Waals surface area contributed by atoms with Crippen molar-refractivity contribution in [2.75, 3.05) is 26.0 Å². The van der Waals surface area contributed by atoms with E-state index < -0.39 is 0 Å². The van der Waals surface area contributed by atoms with Gasteiger partial charge in [-0.2, -0.15) is 0 Å². The number of carbonyl (C=O) groups is 1. The molecule has 0 aliphatic heterocycles. The normalized spacial score (nSPS) is 10.2. The van der Waals surface area contributed by atoms with Gasteiger partial charge in [0.05, 0.1) is 13.7 Å². The van der Waals surface area contributed by atoms with E-state index in [1.54, 1.807) is 38.4 Å². The molecular weight excluding hydrogens is 455 g/mol. The van der Waals surface area contributed by atoms with Crippen molar-refractivity contribution in [1.29, 1.82) is 0 Å². The number of terminal acetylenes is 1. The summed E-state index contributed by atoms with van der Waals surface area (Å²) in [6.07, 6.45) is 5.36. The van der Waals surface area contributed by atoms with Gasteiger partial charge >= 0.3 is 0 Å². The number of nitrogens with zero attached hydrogens (tertiary/aromatic N) is 1. The molecule has 3 N–H and O–H groups in total. The predicted octanol–water partition coefficient (Wildman–Crippen LogP) is 2.60. The standard InChI is InChI=1S/C20H22N4O2.HI/c1-4-15-7-5-9-17(11-15)24-19(25)14-23-20(21-2)22-13-16-8-6-10-18(12-16)26-3;/h1,5-12H,13-14H2,2-3H3,(H,24,25)(H2,21,22,23);1H. The summed E-state index contributed by atoms with van der Waals surface area (Å²) < 4.78 is 5.20. The van der Waals surface area contributed by atoms with Gasteiger partial charge in [-0.1, -0.05) is 24.1 Å². The molecule has 0 radical (unpaired) electrons. The average Bonchev–Trinajstić information content (AvgIpc) is 2.68. The van der Waals surface area contributed by atoms with E-state index in [9.17, 15) is 4.79 Å². The minimum Gasteiger partial charge on any atom is -0.497 e. The summed E-state index contributed by atoms with van der Waals surface area (Å²) in [7, 11) is 3.28. The zero-order valence-corrected chi connectivity index (χ0v) is 17.6. The molecule has 0 bridgehead atoms. The van der Waals surface area contributed by atoms with E-state index in [0.717, 1.165) is 11.3 Å². The van der Waals surface area contributed by atoms with E-state index in [1.165, 1.54) is 0 Å². The highest BCUT2D eigenvalue weighted by Gasteiger charge is 2.05. The smallest absolute Gasteiger partial charge is 0.243 e. The lowest BCUT2D eigenvalue weighted by Crippen LogP contribution is -2.41. The number of rotatable bonds is 6. The number of halogens is 1. The summed E-state index contributed by atoms with van der Waals surface area (Å²) in [5.74, 6) is 3.66. The lowest BCUT2D eigenvalue weighted by Gasteiger charge is -2.12. The first kappa shape index (κ1) is 22.3. The monoisotopic (exact) mass is 478 g/mol. The first-order valence-corrected chi connectivity index (χ1v) is 8.08. The summed E-state index contributed by atoms with van der Waals surface area (Å²) >= 11 is 0. The molecule has 7 heteroatoms. The van der Waals surface area contributed by atoms with Gasteiger partial charge in [0.25, 0.3) is 0 Å². The minimum absolute atomic E-state index is 0. The molecule has 0 fully saturated rings. The van der Waals surface area contributed by atoms with Crippen LogP contribution in [0.2, 0.25) is 0 Å². The number of anilines is 1. The molecule has 0 unspecified atom stereocenters. The van der Waals surface area contributed by atoms with Crippen LogP contribution in [0.4, 0.5) is 5.69 Å². The van der Waals surface area contributed by atoms with Crippen LogP contribution in [0.3, 0.4) is 0 Å². The van der Waals surface area contributed by atoms with Gasteiger partial charge in [-0.25, -0.2) is 0 Å². The molecule has 142 valence electrons. The van der Waals surface area contributed by atoms with Crippen LogP contribution in [0.5, 0.6) is 5.75 Å². The van der Waals surface area contributed by atoms with Crippen LogP contribution in [0.1, 0.15) is 11.1 Å². The Morgan fingerprint density at radius 1 is 1.19 bits per heavy atom. The zero-order chi connectivity index (χ0) is 18.8. The molecule has 0 aliphatic carbocycles. The fraction of sp³-hybridized carbons (Fsp3) is 0.200. The second-order valence-corrected chi connectivity index (χ2v) is 5.40. The highest BCUT2D eigenvalue weighted by Crippen LogP contribution is 2.12. The van der Waals surface area contributed by atoms with E-state index in [1.807, 2.05) is 24.3 Å². The third-order valence-corrected chi connectivity index (χ3v) is 3.55. The van der Waals surface area contributed by atoms with Gasteiger partial charge in [-0.15, -0.1) is 30.4 Å². The molecule has 0 saturated heterocycles. The number of carbonyl (C=O) groups excluding carboxylic acids is 1. The fourth-order valence-electron chi connectivity index (χ4n) is 2.24. The summed E-state index contributed by atoms with van der Waals surface area (Å²) in [4.78, 5) is 16.2. The van der Waals surface area contributed by atoms with Crippen molar-refractivity contribution in [1.82, 2.24) is 10.6 Å². The van der Waals surface area contributed by atoms with Crippen molar-refractivity contribution in [3.63, 3.8) is 0 Å². The van der Waals surface area contributed by atoms with Gasteiger partial charge < -0.3 is 20.7 Å². The molecule has 2 aromatic rings. The average molecular weight is 478 g/mol. The number of benzene rings is 2. The highest BCUT2D eigenvalue weighted by atomic mass is 127. The molecule has 27 heavy (non-hydrogen) atoms. The summed E-state index contributed by atoms with van der Waals surface area (Å²) in [6, 6.07) is 14.9. The number of amides is 1. The van der Waals surface area contributed by atoms with Crippen molar-refractivity contribution >= 4 is 41.5 Å². The lowest BCUT2D eigenvalue weighted by atomic mass is 10.2. The van der Waals surface area contributed by atoms with Crippen LogP contribution in [-0.4, -0.2) is 32.6 Å². The molecule has 0 heterocycles. The van der Waals surface area contributed by atoms with E-state index in [2.05, 4.69) is 26.9 Å². The van der Waals surface area contributed by atoms with E-state index in [4.69, 9.17) is 11.2 Å².